The first-order chi connectivity index (χ1) is 9.85. The zero-order valence-electron chi connectivity index (χ0n) is 11.3. The van der Waals surface area contributed by atoms with Crippen LogP contribution in [0.2, 0.25) is 0 Å². The summed E-state index contributed by atoms with van der Waals surface area (Å²) in [6, 6.07) is 4.38. The number of nitro benzene ring substituents is 1. The normalized spacial score (nSPS) is 11.7. The van der Waals surface area contributed by atoms with E-state index in [1.807, 2.05) is 0 Å². The molecule has 0 radical (unpaired) electrons. The number of imidazole rings is 1. The zero-order chi connectivity index (χ0) is 15.5. The van der Waals surface area contributed by atoms with Crippen molar-refractivity contribution < 1.29 is 13.3 Å². The van der Waals surface area contributed by atoms with Crippen LogP contribution in [0.25, 0.3) is 11.0 Å². The summed E-state index contributed by atoms with van der Waals surface area (Å²) in [7, 11) is -3.17. The van der Waals surface area contributed by atoms with E-state index in [0.717, 1.165) is 6.26 Å². The lowest BCUT2D eigenvalue weighted by Gasteiger charge is -2.03. The quantitative estimate of drug-likeness (QED) is 0.394. The second-order valence-corrected chi connectivity index (χ2v) is 6.32. The third kappa shape index (κ3) is 4.39. The molecule has 2 aromatic rings. The molecule has 0 amide bonds. The van der Waals surface area contributed by atoms with Crippen LogP contribution in [0, 0.1) is 10.1 Å². The Labute approximate surface area is 121 Å². The Morgan fingerprint density at radius 3 is 2.81 bits per heavy atom. The third-order valence-electron chi connectivity index (χ3n) is 2.69. The van der Waals surface area contributed by atoms with Gasteiger partial charge >= 0.3 is 0 Å². The molecular formula is C11H15N5O4S. The van der Waals surface area contributed by atoms with Gasteiger partial charge in [0.15, 0.2) is 0 Å². The van der Waals surface area contributed by atoms with Gasteiger partial charge in [0.05, 0.1) is 22.2 Å². The monoisotopic (exact) mass is 313 g/mol. The largest absolute Gasteiger partial charge is 0.356 e. The van der Waals surface area contributed by atoms with Crippen molar-refractivity contribution in [2.75, 3.05) is 24.7 Å². The number of H-pyrrole nitrogens is 1. The van der Waals surface area contributed by atoms with Crippen LogP contribution in [-0.2, 0) is 10.0 Å². The number of nitrogens with zero attached hydrogens (tertiary/aromatic N) is 2. The fourth-order valence-electron chi connectivity index (χ4n) is 1.75. The Balaban J connectivity index is 1.92. The minimum atomic E-state index is -3.17. The van der Waals surface area contributed by atoms with E-state index in [-0.39, 0.29) is 5.69 Å². The average molecular weight is 313 g/mol. The number of non-ortho nitro benzene ring substituents is 1. The van der Waals surface area contributed by atoms with Crippen LogP contribution in [0.1, 0.15) is 6.42 Å². The van der Waals surface area contributed by atoms with Gasteiger partial charge in [-0.25, -0.2) is 18.1 Å². The van der Waals surface area contributed by atoms with Crippen molar-refractivity contribution in [1.29, 1.82) is 0 Å². The Kier molecular flexibility index (Phi) is 4.38. The summed E-state index contributed by atoms with van der Waals surface area (Å²) in [6.07, 6.45) is 1.69. The van der Waals surface area contributed by atoms with E-state index >= 15 is 0 Å². The number of rotatable bonds is 7. The maximum atomic E-state index is 10.9. The summed E-state index contributed by atoms with van der Waals surface area (Å²) in [4.78, 5) is 17.4. The molecule has 0 aliphatic rings. The number of anilines is 1. The molecule has 3 N–H and O–H groups in total. The highest BCUT2D eigenvalue weighted by Gasteiger charge is 2.09. The highest BCUT2D eigenvalue weighted by atomic mass is 32.2. The average Bonchev–Trinajstić information content (AvgIpc) is 2.78. The Hall–Kier alpha value is -2.20. The molecule has 1 aromatic heterocycles. The van der Waals surface area contributed by atoms with Crippen molar-refractivity contribution in [3.8, 4) is 0 Å². The number of nitro groups is 1. The molecule has 0 atom stereocenters. The third-order valence-corrected chi connectivity index (χ3v) is 3.42. The maximum absolute atomic E-state index is 10.9. The summed E-state index contributed by atoms with van der Waals surface area (Å²) in [5, 5.41) is 13.7. The van der Waals surface area contributed by atoms with Gasteiger partial charge in [-0.2, -0.15) is 0 Å². The molecule has 9 nitrogen and oxygen atoms in total. The molecule has 0 aliphatic carbocycles. The van der Waals surface area contributed by atoms with Crippen molar-refractivity contribution in [2.24, 2.45) is 0 Å². The van der Waals surface area contributed by atoms with Gasteiger partial charge in [-0.05, 0) is 12.5 Å². The van der Waals surface area contributed by atoms with E-state index in [1.54, 1.807) is 6.07 Å². The predicted octanol–water partition coefficient (Wildman–Crippen LogP) is 0.822. The first kappa shape index (κ1) is 15.2. The Bertz CT molecular complexity index is 755. The van der Waals surface area contributed by atoms with Crippen molar-refractivity contribution in [3.05, 3.63) is 28.3 Å². The van der Waals surface area contributed by atoms with E-state index in [0.29, 0.717) is 36.5 Å². The van der Waals surface area contributed by atoms with Crippen molar-refractivity contribution in [3.63, 3.8) is 0 Å². The molecule has 0 bridgehead atoms. The van der Waals surface area contributed by atoms with Crippen LogP contribution < -0.4 is 10.0 Å². The van der Waals surface area contributed by atoms with Crippen LogP contribution in [-0.4, -0.2) is 42.7 Å². The van der Waals surface area contributed by atoms with E-state index < -0.39 is 14.9 Å². The number of benzene rings is 1. The van der Waals surface area contributed by atoms with Gasteiger partial charge in [-0.1, -0.05) is 0 Å². The van der Waals surface area contributed by atoms with Crippen molar-refractivity contribution in [1.82, 2.24) is 14.7 Å². The van der Waals surface area contributed by atoms with Crippen LogP contribution in [0.15, 0.2) is 18.2 Å². The number of nitrogens with one attached hydrogen (secondary N) is 3. The molecule has 0 aliphatic heterocycles. The molecule has 0 spiro atoms. The smallest absolute Gasteiger partial charge is 0.271 e. The van der Waals surface area contributed by atoms with Gasteiger partial charge < -0.3 is 10.3 Å². The molecule has 0 unspecified atom stereocenters. The standard InChI is InChI=1S/C11H15N5O4S/c1-21(19,20)13-6-2-5-12-11-14-9-4-3-8(16(17)18)7-10(9)15-11/h3-4,7,13H,2,5-6H2,1H3,(H2,12,14,15). The molecule has 1 heterocycles. The summed E-state index contributed by atoms with van der Waals surface area (Å²) in [5.74, 6) is 0.491. The predicted molar refractivity (Wildman–Crippen MR) is 78.7 cm³/mol. The summed E-state index contributed by atoms with van der Waals surface area (Å²) in [6.45, 7) is 0.849. The lowest BCUT2D eigenvalue weighted by atomic mass is 10.3. The van der Waals surface area contributed by atoms with Crippen LogP contribution >= 0.6 is 0 Å². The van der Waals surface area contributed by atoms with E-state index in [1.165, 1.54) is 12.1 Å². The van der Waals surface area contributed by atoms with Crippen LogP contribution in [0.3, 0.4) is 0 Å². The number of aromatic nitrogens is 2. The highest BCUT2D eigenvalue weighted by molar-refractivity contribution is 7.88. The van der Waals surface area contributed by atoms with Gasteiger partial charge in [-0.15, -0.1) is 0 Å². The van der Waals surface area contributed by atoms with Crippen LogP contribution in [0.5, 0.6) is 0 Å². The molecule has 114 valence electrons. The van der Waals surface area contributed by atoms with Gasteiger partial charge in [0, 0.05) is 25.2 Å². The fraction of sp³-hybridized carbons (Fsp3) is 0.364. The minimum Gasteiger partial charge on any atom is -0.356 e. The molecule has 0 saturated carbocycles. The van der Waals surface area contributed by atoms with Crippen molar-refractivity contribution in [2.45, 2.75) is 6.42 Å². The number of fused-ring (bicyclic) bond motifs is 1. The number of sulfonamides is 1. The number of hydrogen-bond donors (Lipinski definition) is 3. The lowest BCUT2D eigenvalue weighted by molar-refractivity contribution is -0.384. The Morgan fingerprint density at radius 1 is 1.38 bits per heavy atom. The summed E-state index contributed by atoms with van der Waals surface area (Å²) < 4.78 is 24.1. The molecule has 1 aromatic carbocycles. The molecule has 21 heavy (non-hydrogen) atoms. The van der Waals surface area contributed by atoms with Crippen LogP contribution in [0.4, 0.5) is 11.6 Å². The van der Waals surface area contributed by atoms with Gasteiger partial charge in [0.25, 0.3) is 5.69 Å². The number of hydrogen-bond acceptors (Lipinski definition) is 6. The minimum absolute atomic E-state index is 0.00458. The topological polar surface area (TPSA) is 130 Å². The SMILES string of the molecule is CS(=O)(=O)NCCCNc1nc2ccc([N+](=O)[O-])cc2[nH]1. The molecular weight excluding hydrogens is 298 g/mol. The molecule has 0 fully saturated rings. The maximum Gasteiger partial charge on any atom is 0.271 e. The van der Waals surface area contributed by atoms with Gasteiger partial charge in [0.2, 0.25) is 16.0 Å². The first-order valence-corrected chi connectivity index (χ1v) is 8.07. The van der Waals surface area contributed by atoms with E-state index in [4.69, 9.17) is 0 Å². The van der Waals surface area contributed by atoms with E-state index in [9.17, 15) is 18.5 Å². The van der Waals surface area contributed by atoms with Gasteiger partial charge in [0.1, 0.15) is 0 Å². The lowest BCUT2D eigenvalue weighted by Crippen LogP contribution is -2.24. The molecule has 10 heteroatoms. The van der Waals surface area contributed by atoms with Gasteiger partial charge in [-0.3, -0.25) is 10.1 Å². The van der Waals surface area contributed by atoms with Crippen molar-refractivity contribution >= 4 is 32.7 Å². The van der Waals surface area contributed by atoms with E-state index in [2.05, 4.69) is 20.0 Å². The highest BCUT2D eigenvalue weighted by Crippen LogP contribution is 2.20. The Morgan fingerprint density at radius 2 is 2.14 bits per heavy atom. The summed E-state index contributed by atoms with van der Waals surface area (Å²) >= 11 is 0. The zero-order valence-corrected chi connectivity index (χ0v) is 12.1. The second kappa shape index (κ2) is 6.06. The summed E-state index contributed by atoms with van der Waals surface area (Å²) in [5.41, 5.74) is 1.19. The second-order valence-electron chi connectivity index (χ2n) is 4.49. The first-order valence-electron chi connectivity index (χ1n) is 6.18. The number of aromatic amines is 1. The molecule has 0 saturated heterocycles. The molecule has 2 rings (SSSR count). The fourth-order valence-corrected chi connectivity index (χ4v) is 2.26.